The fraction of sp³-hybridized carbons (Fsp3) is 0.591. The van der Waals surface area contributed by atoms with E-state index in [4.69, 9.17) is 0 Å². The van der Waals surface area contributed by atoms with Gasteiger partial charge in [-0.25, -0.2) is 0 Å². The molecule has 0 N–H and O–H groups in total. The summed E-state index contributed by atoms with van der Waals surface area (Å²) in [5, 5.41) is 0. The van der Waals surface area contributed by atoms with E-state index in [-0.39, 0.29) is 5.92 Å². The highest BCUT2D eigenvalue weighted by molar-refractivity contribution is 5.79. The molecule has 3 rings (SSSR count). The Morgan fingerprint density at radius 2 is 1.84 bits per heavy atom. The van der Waals surface area contributed by atoms with E-state index in [1.807, 2.05) is 0 Å². The zero-order chi connectivity index (χ0) is 17.6. The van der Waals surface area contributed by atoms with E-state index in [2.05, 4.69) is 60.1 Å². The van der Waals surface area contributed by atoms with Crippen LogP contribution in [0.4, 0.5) is 0 Å². The van der Waals surface area contributed by atoms with Crippen molar-refractivity contribution < 1.29 is 4.79 Å². The number of hydrogen-bond acceptors (Lipinski definition) is 2. The molecule has 2 saturated heterocycles. The number of benzene rings is 1. The number of amides is 1. The zero-order valence-electron chi connectivity index (χ0n) is 15.8. The van der Waals surface area contributed by atoms with Crippen molar-refractivity contribution in [2.75, 3.05) is 32.7 Å². The minimum absolute atomic E-state index is 0.250. The maximum atomic E-state index is 12.8. The molecule has 1 aromatic carbocycles. The van der Waals surface area contributed by atoms with E-state index in [9.17, 15) is 4.79 Å². The van der Waals surface area contributed by atoms with Gasteiger partial charge >= 0.3 is 0 Å². The Kier molecular flexibility index (Phi) is 6.30. The zero-order valence-corrected chi connectivity index (χ0v) is 15.8. The molecule has 0 unspecified atom stereocenters. The Labute approximate surface area is 152 Å². The largest absolute Gasteiger partial charge is 0.342 e. The Hall–Kier alpha value is -1.61. The number of carbonyl (C=O) groups excluding carboxylic acids is 1. The summed E-state index contributed by atoms with van der Waals surface area (Å²) in [6.45, 7) is 9.51. The fourth-order valence-electron chi connectivity index (χ4n) is 4.22. The SMILES string of the molecule is C/C(=C\c1ccccc1)CN1CCC(C(=O)N2CCC[C@H](C)C2)CC1. The highest BCUT2D eigenvalue weighted by Crippen LogP contribution is 2.24. The highest BCUT2D eigenvalue weighted by Gasteiger charge is 2.30. The van der Waals surface area contributed by atoms with Crippen molar-refractivity contribution in [2.24, 2.45) is 11.8 Å². The molecule has 0 aromatic heterocycles. The summed E-state index contributed by atoms with van der Waals surface area (Å²) in [5.41, 5.74) is 2.66. The normalized spacial score (nSPS) is 23.7. The number of hydrogen-bond donors (Lipinski definition) is 0. The quantitative estimate of drug-likeness (QED) is 0.825. The topological polar surface area (TPSA) is 23.6 Å². The van der Waals surface area contributed by atoms with E-state index in [1.54, 1.807) is 0 Å². The van der Waals surface area contributed by atoms with Crippen LogP contribution in [0.3, 0.4) is 0 Å². The van der Waals surface area contributed by atoms with E-state index >= 15 is 0 Å². The molecule has 1 atom stereocenters. The first-order valence-corrected chi connectivity index (χ1v) is 9.85. The molecule has 0 radical (unpaired) electrons. The molecule has 3 nitrogen and oxygen atoms in total. The number of carbonyl (C=O) groups is 1. The third kappa shape index (κ3) is 5.18. The van der Waals surface area contributed by atoms with Gasteiger partial charge in [0, 0.05) is 25.6 Å². The van der Waals surface area contributed by atoms with Crippen LogP contribution in [0.15, 0.2) is 35.9 Å². The van der Waals surface area contributed by atoms with Crippen molar-refractivity contribution in [3.8, 4) is 0 Å². The minimum Gasteiger partial charge on any atom is -0.342 e. The molecule has 136 valence electrons. The van der Waals surface area contributed by atoms with Crippen molar-refractivity contribution in [3.05, 3.63) is 41.5 Å². The van der Waals surface area contributed by atoms with Gasteiger partial charge in [0.1, 0.15) is 0 Å². The number of likely N-dealkylation sites (tertiary alicyclic amines) is 2. The first kappa shape index (κ1) is 18.2. The third-order valence-electron chi connectivity index (χ3n) is 5.59. The van der Waals surface area contributed by atoms with Gasteiger partial charge < -0.3 is 4.90 Å². The lowest BCUT2D eigenvalue weighted by Crippen LogP contribution is -2.46. The lowest BCUT2D eigenvalue weighted by Gasteiger charge is -2.37. The summed E-state index contributed by atoms with van der Waals surface area (Å²) >= 11 is 0. The van der Waals surface area contributed by atoms with Crippen LogP contribution in [0.25, 0.3) is 6.08 Å². The van der Waals surface area contributed by atoms with E-state index in [0.29, 0.717) is 11.8 Å². The van der Waals surface area contributed by atoms with Gasteiger partial charge in [0.05, 0.1) is 0 Å². The van der Waals surface area contributed by atoms with Gasteiger partial charge in [-0.1, -0.05) is 48.9 Å². The third-order valence-corrected chi connectivity index (χ3v) is 5.59. The first-order chi connectivity index (χ1) is 12.1. The average molecular weight is 341 g/mol. The van der Waals surface area contributed by atoms with Gasteiger partial charge in [-0.2, -0.15) is 0 Å². The van der Waals surface area contributed by atoms with Crippen molar-refractivity contribution in [3.63, 3.8) is 0 Å². The van der Waals surface area contributed by atoms with Crippen molar-refractivity contribution in [1.82, 2.24) is 9.80 Å². The predicted octanol–water partition coefficient (Wildman–Crippen LogP) is 4.06. The predicted molar refractivity (Wildman–Crippen MR) is 104 cm³/mol. The van der Waals surface area contributed by atoms with E-state index in [0.717, 1.165) is 45.6 Å². The van der Waals surface area contributed by atoms with Crippen LogP contribution >= 0.6 is 0 Å². The van der Waals surface area contributed by atoms with Gasteiger partial charge in [-0.15, -0.1) is 0 Å². The lowest BCUT2D eigenvalue weighted by molar-refractivity contribution is -0.138. The molecule has 2 fully saturated rings. The summed E-state index contributed by atoms with van der Waals surface area (Å²) in [4.78, 5) is 17.4. The van der Waals surface area contributed by atoms with Crippen molar-refractivity contribution in [1.29, 1.82) is 0 Å². The number of nitrogens with zero attached hydrogens (tertiary/aromatic N) is 2. The van der Waals surface area contributed by atoms with Crippen LogP contribution in [0, 0.1) is 11.8 Å². The minimum atomic E-state index is 0.250. The molecular formula is C22H32N2O. The van der Waals surface area contributed by atoms with Crippen LogP contribution in [0.1, 0.15) is 45.1 Å². The molecule has 2 aliphatic heterocycles. The molecular weight excluding hydrogens is 308 g/mol. The second-order valence-electron chi connectivity index (χ2n) is 7.98. The molecule has 0 aliphatic carbocycles. The Morgan fingerprint density at radius 1 is 1.12 bits per heavy atom. The summed E-state index contributed by atoms with van der Waals surface area (Å²) in [7, 11) is 0. The smallest absolute Gasteiger partial charge is 0.225 e. The molecule has 3 heteroatoms. The maximum absolute atomic E-state index is 12.8. The van der Waals surface area contributed by atoms with Crippen LogP contribution in [0.5, 0.6) is 0 Å². The van der Waals surface area contributed by atoms with Crippen LogP contribution < -0.4 is 0 Å². The molecule has 0 saturated carbocycles. The number of piperidine rings is 2. The van der Waals surface area contributed by atoms with Gasteiger partial charge in [-0.05, 0) is 57.2 Å². The van der Waals surface area contributed by atoms with Crippen LogP contribution in [-0.4, -0.2) is 48.4 Å². The first-order valence-electron chi connectivity index (χ1n) is 9.85. The van der Waals surface area contributed by atoms with Gasteiger partial charge in [-0.3, -0.25) is 9.69 Å². The summed E-state index contributed by atoms with van der Waals surface area (Å²) < 4.78 is 0. The Bertz CT molecular complexity index is 587. The maximum Gasteiger partial charge on any atom is 0.225 e. The van der Waals surface area contributed by atoms with Crippen molar-refractivity contribution in [2.45, 2.75) is 39.5 Å². The van der Waals surface area contributed by atoms with Crippen molar-refractivity contribution >= 4 is 12.0 Å². The van der Waals surface area contributed by atoms with Gasteiger partial charge in [0.2, 0.25) is 5.91 Å². The standard InChI is InChI=1S/C22H32N2O/c1-18-7-6-12-24(17-18)22(25)21-10-13-23(14-11-21)16-19(2)15-20-8-4-3-5-9-20/h3-5,8-9,15,18,21H,6-7,10-14,16-17H2,1-2H3/b19-15+/t18-/m0/s1. The molecule has 25 heavy (non-hydrogen) atoms. The van der Waals surface area contributed by atoms with Crippen LogP contribution in [0.2, 0.25) is 0 Å². The van der Waals surface area contributed by atoms with Gasteiger partial charge in [0.15, 0.2) is 0 Å². The second kappa shape index (κ2) is 8.66. The molecule has 1 amide bonds. The molecule has 0 spiro atoms. The van der Waals surface area contributed by atoms with Crippen LogP contribution in [-0.2, 0) is 4.79 Å². The summed E-state index contributed by atoms with van der Waals surface area (Å²) in [6, 6.07) is 10.5. The summed E-state index contributed by atoms with van der Waals surface area (Å²) in [6.07, 6.45) is 6.75. The summed E-state index contributed by atoms with van der Waals surface area (Å²) in [5.74, 6) is 1.34. The molecule has 0 bridgehead atoms. The monoisotopic (exact) mass is 340 g/mol. The van der Waals surface area contributed by atoms with E-state index < -0.39 is 0 Å². The molecule has 2 heterocycles. The lowest BCUT2D eigenvalue weighted by atomic mass is 9.92. The fourth-order valence-corrected chi connectivity index (χ4v) is 4.22. The average Bonchev–Trinajstić information content (AvgIpc) is 2.62. The number of rotatable bonds is 4. The Balaban J connectivity index is 1.47. The Morgan fingerprint density at radius 3 is 2.52 bits per heavy atom. The molecule has 1 aromatic rings. The van der Waals surface area contributed by atoms with E-state index in [1.165, 1.54) is 24.0 Å². The highest BCUT2D eigenvalue weighted by atomic mass is 16.2. The van der Waals surface area contributed by atoms with Gasteiger partial charge in [0.25, 0.3) is 0 Å². The second-order valence-corrected chi connectivity index (χ2v) is 7.98. The molecule has 2 aliphatic rings.